The summed E-state index contributed by atoms with van der Waals surface area (Å²) >= 11 is 0. The molecule has 0 saturated carbocycles. The van der Waals surface area contributed by atoms with E-state index >= 15 is 0 Å². The molecule has 0 radical (unpaired) electrons. The summed E-state index contributed by atoms with van der Waals surface area (Å²) in [7, 11) is 1.69. The van der Waals surface area contributed by atoms with Crippen molar-refractivity contribution in [3.05, 3.63) is 89.7 Å². The summed E-state index contributed by atoms with van der Waals surface area (Å²) < 4.78 is 11.7. The number of nitrogens with one attached hydrogen (secondary N) is 1. The number of nitrogens with zero attached hydrogens (tertiary/aromatic N) is 2. The van der Waals surface area contributed by atoms with Gasteiger partial charge in [-0.2, -0.15) is 0 Å². The maximum Gasteiger partial charge on any atom is 0.161 e. The number of hydrogen-bond acceptors (Lipinski definition) is 5. The normalized spacial score (nSPS) is 15.6. The first kappa shape index (κ1) is 19.4. The third-order valence-corrected chi connectivity index (χ3v) is 5.23. The topological polar surface area (TPSA) is 46.6 Å². The predicted molar refractivity (Wildman–Crippen MR) is 114 cm³/mol. The first-order valence-electron chi connectivity index (χ1n) is 10.1. The average Bonchev–Trinajstić information content (AvgIpc) is 2.80. The summed E-state index contributed by atoms with van der Waals surface area (Å²) in [5.41, 5.74) is 3.34. The van der Waals surface area contributed by atoms with E-state index in [1.54, 1.807) is 7.11 Å². The molecule has 3 aromatic rings. The minimum atomic E-state index is 0.0929. The molecule has 4 rings (SSSR count). The zero-order valence-corrected chi connectivity index (χ0v) is 16.8. The van der Waals surface area contributed by atoms with Gasteiger partial charge in [0.15, 0.2) is 11.5 Å². The molecule has 1 saturated heterocycles. The molecule has 1 aromatic heterocycles. The monoisotopic (exact) mass is 389 g/mol. The SMILES string of the molecule is COc1cc(C(c2ccccn2)N2CCNCC2)ccc1OCc1ccccc1. The van der Waals surface area contributed by atoms with Crippen LogP contribution < -0.4 is 14.8 Å². The number of piperazine rings is 1. The fourth-order valence-electron chi connectivity index (χ4n) is 3.76. The second-order valence-electron chi connectivity index (χ2n) is 7.13. The fraction of sp³-hybridized carbons (Fsp3) is 0.292. The van der Waals surface area contributed by atoms with Gasteiger partial charge in [0.25, 0.3) is 0 Å². The Bertz CT molecular complexity index is 897. The molecule has 1 N–H and O–H groups in total. The van der Waals surface area contributed by atoms with Crippen LogP contribution in [0.25, 0.3) is 0 Å². The van der Waals surface area contributed by atoms with Gasteiger partial charge in [-0.05, 0) is 35.4 Å². The molecule has 1 unspecified atom stereocenters. The lowest BCUT2D eigenvalue weighted by atomic mass is 10.00. The van der Waals surface area contributed by atoms with Crippen LogP contribution >= 0.6 is 0 Å². The maximum absolute atomic E-state index is 6.04. The van der Waals surface area contributed by atoms with E-state index in [-0.39, 0.29) is 6.04 Å². The Kier molecular flexibility index (Phi) is 6.39. The van der Waals surface area contributed by atoms with Crippen LogP contribution in [0.15, 0.2) is 72.9 Å². The van der Waals surface area contributed by atoms with E-state index in [0.717, 1.165) is 54.5 Å². The van der Waals surface area contributed by atoms with Crippen molar-refractivity contribution >= 4 is 0 Å². The third kappa shape index (κ3) is 4.75. The van der Waals surface area contributed by atoms with Crippen molar-refractivity contribution in [3.8, 4) is 11.5 Å². The Hall–Kier alpha value is -2.89. The Morgan fingerprint density at radius 1 is 0.966 bits per heavy atom. The molecule has 1 aliphatic heterocycles. The highest BCUT2D eigenvalue weighted by Gasteiger charge is 2.25. The molecule has 0 spiro atoms. The second-order valence-corrected chi connectivity index (χ2v) is 7.13. The van der Waals surface area contributed by atoms with Crippen molar-refractivity contribution in [2.75, 3.05) is 33.3 Å². The van der Waals surface area contributed by atoms with Crippen molar-refractivity contribution < 1.29 is 9.47 Å². The zero-order valence-electron chi connectivity index (χ0n) is 16.8. The summed E-state index contributed by atoms with van der Waals surface area (Å²) in [5, 5.41) is 3.43. The summed E-state index contributed by atoms with van der Waals surface area (Å²) in [4.78, 5) is 7.12. The van der Waals surface area contributed by atoms with Gasteiger partial charge in [0.2, 0.25) is 0 Å². The largest absolute Gasteiger partial charge is 0.493 e. The molecule has 1 fully saturated rings. The molecule has 0 aliphatic carbocycles. The molecule has 5 heteroatoms. The van der Waals surface area contributed by atoms with Gasteiger partial charge in [-0.25, -0.2) is 0 Å². The lowest BCUT2D eigenvalue weighted by molar-refractivity contribution is 0.195. The van der Waals surface area contributed by atoms with E-state index in [4.69, 9.17) is 9.47 Å². The van der Waals surface area contributed by atoms with Gasteiger partial charge >= 0.3 is 0 Å². The van der Waals surface area contributed by atoms with Gasteiger partial charge in [-0.1, -0.05) is 42.5 Å². The van der Waals surface area contributed by atoms with Crippen molar-refractivity contribution in [1.82, 2.24) is 15.2 Å². The number of pyridine rings is 1. The summed E-state index contributed by atoms with van der Waals surface area (Å²) in [6, 6.07) is 22.6. The smallest absolute Gasteiger partial charge is 0.161 e. The van der Waals surface area contributed by atoms with E-state index in [0.29, 0.717) is 6.61 Å². The molecule has 0 bridgehead atoms. The van der Waals surface area contributed by atoms with Crippen molar-refractivity contribution in [3.63, 3.8) is 0 Å². The van der Waals surface area contributed by atoms with E-state index in [1.165, 1.54) is 0 Å². The standard InChI is InChI=1S/C24H27N3O2/c1-28-23-17-20(10-11-22(23)29-18-19-7-3-2-4-8-19)24(21-9-5-6-12-26-21)27-15-13-25-14-16-27/h2-12,17,24-25H,13-16,18H2,1H3. The number of ether oxygens (including phenoxy) is 2. The molecular formula is C24H27N3O2. The van der Waals surface area contributed by atoms with Crippen LogP contribution in [0, 0.1) is 0 Å². The summed E-state index contributed by atoms with van der Waals surface area (Å²) in [6.45, 7) is 4.45. The van der Waals surface area contributed by atoms with Gasteiger partial charge in [0.1, 0.15) is 6.61 Å². The molecule has 0 amide bonds. The fourth-order valence-corrected chi connectivity index (χ4v) is 3.76. The van der Waals surface area contributed by atoms with Gasteiger partial charge in [-0.15, -0.1) is 0 Å². The second kappa shape index (κ2) is 9.54. The Labute approximate surface area is 172 Å². The lowest BCUT2D eigenvalue weighted by Gasteiger charge is -2.35. The molecular weight excluding hydrogens is 362 g/mol. The molecule has 150 valence electrons. The Balaban J connectivity index is 1.61. The van der Waals surface area contributed by atoms with Crippen LogP contribution in [0.5, 0.6) is 11.5 Å². The third-order valence-electron chi connectivity index (χ3n) is 5.23. The number of aromatic nitrogens is 1. The van der Waals surface area contributed by atoms with Crippen molar-refractivity contribution in [2.45, 2.75) is 12.6 Å². The number of benzene rings is 2. The minimum Gasteiger partial charge on any atom is -0.493 e. The van der Waals surface area contributed by atoms with Crippen LogP contribution in [0.1, 0.15) is 22.9 Å². The highest BCUT2D eigenvalue weighted by atomic mass is 16.5. The van der Waals surface area contributed by atoms with Crippen LogP contribution in [-0.2, 0) is 6.61 Å². The van der Waals surface area contributed by atoms with Crippen molar-refractivity contribution in [2.24, 2.45) is 0 Å². The number of rotatable bonds is 7. The highest BCUT2D eigenvalue weighted by Crippen LogP contribution is 2.35. The number of hydrogen-bond donors (Lipinski definition) is 1. The first-order chi connectivity index (χ1) is 14.3. The van der Waals surface area contributed by atoms with E-state index in [1.807, 2.05) is 42.6 Å². The van der Waals surface area contributed by atoms with Crippen molar-refractivity contribution in [1.29, 1.82) is 0 Å². The van der Waals surface area contributed by atoms with E-state index in [2.05, 4.69) is 45.5 Å². The Morgan fingerprint density at radius 2 is 1.76 bits per heavy atom. The van der Waals surface area contributed by atoms with E-state index in [9.17, 15) is 0 Å². The number of methoxy groups -OCH3 is 1. The average molecular weight is 389 g/mol. The molecule has 1 atom stereocenters. The first-order valence-corrected chi connectivity index (χ1v) is 10.1. The van der Waals surface area contributed by atoms with Crippen LogP contribution in [0.4, 0.5) is 0 Å². The van der Waals surface area contributed by atoms with Gasteiger partial charge in [0.05, 0.1) is 18.8 Å². The van der Waals surface area contributed by atoms with Crippen LogP contribution in [0.2, 0.25) is 0 Å². The quantitative estimate of drug-likeness (QED) is 0.668. The van der Waals surface area contributed by atoms with Gasteiger partial charge < -0.3 is 14.8 Å². The zero-order chi connectivity index (χ0) is 19.9. The van der Waals surface area contributed by atoms with Gasteiger partial charge in [0, 0.05) is 32.4 Å². The molecule has 5 nitrogen and oxygen atoms in total. The summed E-state index contributed by atoms with van der Waals surface area (Å²) in [6.07, 6.45) is 1.86. The Morgan fingerprint density at radius 3 is 2.48 bits per heavy atom. The summed E-state index contributed by atoms with van der Waals surface area (Å²) in [5.74, 6) is 1.50. The molecule has 2 heterocycles. The van der Waals surface area contributed by atoms with Crippen LogP contribution in [-0.4, -0.2) is 43.2 Å². The maximum atomic E-state index is 6.04. The highest BCUT2D eigenvalue weighted by molar-refractivity contribution is 5.45. The van der Waals surface area contributed by atoms with E-state index < -0.39 is 0 Å². The molecule has 1 aliphatic rings. The molecule has 29 heavy (non-hydrogen) atoms. The lowest BCUT2D eigenvalue weighted by Crippen LogP contribution is -2.45. The molecule has 2 aromatic carbocycles. The predicted octanol–water partition coefficient (Wildman–Crippen LogP) is 3.66. The van der Waals surface area contributed by atoms with Gasteiger partial charge in [-0.3, -0.25) is 9.88 Å². The minimum absolute atomic E-state index is 0.0929. The van der Waals surface area contributed by atoms with Crippen LogP contribution in [0.3, 0.4) is 0 Å².